The van der Waals surface area contributed by atoms with Gasteiger partial charge in [-0.15, -0.1) is 0 Å². The van der Waals surface area contributed by atoms with E-state index in [0.29, 0.717) is 16.3 Å². The Balaban J connectivity index is 2.50. The molecule has 0 saturated heterocycles. The van der Waals surface area contributed by atoms with Crippen LogP contribution >= 0.6 is 23.4 Å². The molecule has 1 unspecified atom stereocenters. The van der Waals surface area contributed by atoms with E-state index in [1.165, 1.54) is 6.07 Å². The summed E-state index contributed by atoms with van der Waals surface area (Å²) in [5.74, 6) is 1.34. The Morgan fingerprint density at radius 3 is 2.87 bits per heavy atom. The Hall–Kier alpha value is -0.250. The third kappa shape index (κ3) is 4.01. The van der Waals surface area contributed by atoms with Crippen LogP contribution in [0.2, 0.25) is 5.02 Å². The predicted octanol–water partition coefficient (Wildman–Crippen LogP) is 3.34. The lowest BCUT2D eigenvalue weighted by Gasteiger charge is -2.08. The molecule has 4 heteroatoms. The molecule has 1 aromatic carbocycles. The first-order valence-electron chi connectivity index (χ1n) is 4.76. The van der Waals surface area contributed by atoms with Crippen molar-refractivity contribution in [3.05, 3.63) is 34.6 Å². The summed E-state index contributed by atoms with van der Waals surface area (Å²) in [4.78, 5) is 0. The number of thioether (sulfide) groups is 1. The molecular weight excluding hydrogens is 235 g/mol. The monoisotopic (exact) mass is 248 g/mol. The van der Waals surface area contributed by atoms with Crippen molar-refractivity contribution in [3.63, 3.8) is 0 Å². The summed E-state index contributed by atoms with van der Waals surface area (Å²) in [5, 5.41) is 9.30. The fourth-order valence-corrected chi connectivity index (χ4v) is 2.52. The number of aliphatic hydroxyl groups excluding tert-OH is 1. The first kappa shape index (κ1) is 12.8. The molecule has 0 aliphatic heterocycles. The molecule has 0 radical (unpaired) electrons. The van der Waals surface area contributed by atoms with Crippen molar-refractivity contribution < 1.29 is 9.50 Å². The molecule has 15 heavy (non-hydrogen) atoms. The zero-order valence-corrected chi connectivity index (χ0v) is 10.1. The van der Waals surface area contributed by atoms with Gasteiger partial charge in [0.2, 0.25) is 0 Å². The van der Waals surface area contributed by atoms with Gasteiger partial charge >= 0.3 is 0 Å². The molecule has 0 fully saturated rings. The highest BCUT2D eigenvalue weighted by Gasteiger charge is 2.07. The van der Waals surface area contributed by atoms with Gasteiger partial charge in [-0.05, 0) is 23.8 Å². The minimum absolute atomic E-state index is 0.165. The zero-order valence-electron chi connectivity index (χ0n) is 8.54. The van der Waals surface area contributed by atoms with E-state index in [4.69, 9.17) is 16.7 Å². The van der Waals surface area contributed by atoms with Crippen LogP contribution in [0.4, 0.5) is 4.39 Å². The highest BCUT2D eigenvalue weighted by Crippen LogP contribution is 2.24. The van der Waals surface area contributed by atoms with E-state index in [2.05, 4.69) is 0 Å². The van der Waals surface area contributed by atoms with Crippen LogP contribution in [0.25, 0.3) is 0 Å². The summed E-state index contributed by atoms with van der Waals surface area (Å²) in [6.45, 7) is 2.12. The molecule has 0 bridgehead atoms. The maximum Gasteiger partial charge on any atom is 0.128 e. The van der Waals surface area contributed by atoms with Gasteiger partial charge in [0.15, 0.2) is 0 Å². The number of hydrogen-bond donors (Lipinski definition) is 1. The van der Waals surface area contributed by atoms with Crippen molar-refractivity contribution in [1.29, 1.82) is 0 Å². The van der Waals surface area contributed by atoms with E-state index in [1.54, 1.807) is 23.9 Å². The first-order valence-corrected chi connectivity index (χ1v) is 6.30. The zero-order chi connectivity index (χ0) is 11.3. The van der Waals surface area contributed by atoms with Crippen molar-refractivity contribution in [3.8, 4) is 0 Å². The summed E-state index contributed by atoms with van der Waals surface area (Å²) >= 11 is 7.46. The Kier molecular flexibility index (Phi) is 5.43. The predicted molar refractivity (Wildman–Crippen MR) is 63.8 cm³/mol. The number of benzene rings is 1. The molecule has 0 spiro atoms. The lowest BCUT2D eigenvalue weighted by atomic mass is 10.2. The summed E-state index contributed by atoms with van der Waals surface area (Å²) in [6.07, 6.45) is 0. The van der Waals surface area contributed by atoms with Gasteiger partial charge in [0.05, 0.1) is 0 Å². The van der Waals surface area contributed by atoms with E-state index < -0.39 is 0 Å². The normalized spacial score (nSPS) is 12.8. The van der Waals surface area contributed by atoms with Crippen LogP contribution in [0, 0.1) is 11.7 Å². The summed E-state index contributed by atoms with van der Waals surface area (Å²) in [5.41, 5.74) is 0.550. The smallest absolute Gasteiger partial charge is 0.128 e. The summed E-state index contributed by atoms with van der Waals surface area (Å²) in [6, 6.07) is 4.70. The van der Waals surface area contributed by atoms with Crippen LogP contribution in [0.3, 0.4) is 0 Å². The highest BCUT2D eigenvalue weighted by atomic mass is 35.5. The van der Waals surface area contributed by atoms with Gasteiger partial charge in [-0.2, -0.15) is 11.8 Å². The van der Waals surface area contributed by atoms with Gasteiger partial charge < -0.3 is 5.11 Å². The van der Waals surface area contributed by atoms with Gasteiger partial charge in [-0.25, -0.2) is 4.39 Å². The molecule has 1 nitrogen and oxygen atoms in total. The Bertz CT molecular complexity index is 299. The number of halogens is 2. The van der Waals surface area contributed by atoms with E-state index in [9.17, 15) is 4.39 Å². The number of rotatable bonds is 5. The van der Waals surface area contributed by atoms with Crippen LogP contribution < -0.4 is 0 Å². The van der Waals surface area contributed by atoms with Crippen LogP contribution in [0.15, 0.2) is 18.2 Å². The number of hydrogen-bond acceptors (Lipinski definition) is 2. The second-order valence-corrected chi connectivity index (χ2v) is 4.94. The van der Waals surface area contributed by atoms with Crippen LogP contribution in [0.5, 0.6) is 0 Å². The Morgan fingerprint density at radius 1 is 1.53 bits per heavy atom. The maximum atomic E-state index is 13.3. The molecule has 0 saturated carbocycles. The minimum atomic E-state index is -0.258. The highest BCUT2D eigenvalue weighted by molar-refractivity contribution is 7.98. The van der Waals surface area contributed by atoms with Crippen molar-refractivity contribution in [2.24, 2.45) is 5.92 Å². The van der Waals surface area contributed by atoms with Crippen molar-refractivity contribution in [2.45, 2.75) is 12.7 Å². The summed E-state index contributed by atoms with van der Waals surface area (Å²) < 4.78 is 13.3. The SMILES string of the molecule is CC(CO)CSCc1c(F)cccc1Cl. The fraction of sp³-hybridized carbons (Fsp3) is 0.455. The van der Waals surface area contributed by atoms with Crippen LogP contribution in [-0.2, 0) is 5.75 Å². The minimum Gasteiger partial charge on any atom is -0.396 e. The molecule has 1 N–H and O–H groups in total. The van der Waals surface area contributed by atoms with E-state index in [1.807, 2.05) is 6.92 Å². The fourth-order valence-electron chi connectivity index (χ4n) is 1.09. The van der Waals surface area contributed by atoms with Gasteiger partial charge in [0.1, 0.15) is 5.82 Å². The van der Waals surface area contributed by atoms with Crippen molar-refractivity contribution >= 4 is 23.4 Å². The second-order valence-electron chi connectivity index (χ2n) is 3.50. The Morgan fingerprint density at radius 2 is 2.27 bits per heavy atom. The van der Waals surface area contributed by atoms with Gasteiger partial charge in [-0.1, -0.05) is 24.6 Å². The van der Waals surface area contributed by atoms with Crippen LogP contribution in [-0.4, -0.2) is 17.5 Å². The average Bonchev–Trinajstić information content (AvgIpc) is 2.22. The average molecular weight is 249 g/mol. The molecule has 0 aliphatic carbocycles. The molecule has 1 atom stereocenters. The van der Waals surface area contributed by atoms with E-state index >= 15 is 0 Å². The molecule has 0 aliphatic rings. The van der Waals surface area contributed by atoms with E-state index in [0.717, 1.165) is 5.75 Å². The molecule has 1 rings (SSSR count). The molecule has 0 aromatic heterocycles. The lowest BCUT2D eigenvalue weighted by Crippen LogP contribution is -2.03. The molecule has 0 heterocycles. The summed E-state index contributed by atoms with van der Waals surface area (Å²) in [7, 11) is 0. The lowest BCUT2D eigenvalue weighted by molar-refractivity contribution is 0.250. The molecule has 84 valence electrons. The maximum absolute atomic E-state index is 13.3. The van der Waals surface area contributed by atoms with E-state index in [-0.39, 0.29) is 18.3 Å². The first-order chi connectivity index (χ1) is 7.15. The van der Waals surface area contributed by atoms with Crippen molar-refractivity contribution in [2.75, 3.05) is 12.4 Å². The number of aliphatic hydroxyl groups is 1. The van der Waals surface area contributed by atoms with Gasteiger partial charge in [-0.3, -0.25) is 0 Å². The third-order valence-electron chi connectivity index (χ3n) is 2.02. The molecular formula is C11H14ClFOS. The Labute approximate surface area is 98.6 Å². The van der Waals surface area contributed by atoms with Gasteiger partial charge in [0.25, 0.3) is 0 Å². The quantitative estimate of drug-likeness (QED) is 0.863. The molecule has 0 amide bonds. The second kappa shape index (κ2) is 6.36. The van der Waals surface area contributed by atoms with Crippen molar-refractivity contribution in [1.82, 2.24) is 0 Å². The molecule has 1 aromatic rings. The topological polar surface area (TPSA) is 20.2 Å². The van der Waals surface area contributed by atoms with Crippen LogP contribution in [0.1, 0.15) is 12.5 Å². The third-order valence-corrected chi connectivity index (χ3v) is 3.67. The standard InChI is InChI=1S/C11H14ClFOS/c1-8(5-14)6-15-7-9-10(12)3-2-4-11(9)13/h2-4,8,14H,5-7H2,1H3. The van der Waals surface area contributed by atoms with Gasteiger partial charge in [0, 0.05) is 22.9 Å². The largest absolute Gasteiger partial charge is 0.396 e.